The first-order valence-corrected chi connectivity index (χ1v) is 7.25. The average molecular weight is 339 g/mol. The van der Waals surface area contributed by atoms with Gasteiger partial charge in [-0.2, -0.15) is 0 Å². The van der Waals surface area contributed by atoms with E-state index in [2.05, 4.69) is 15.9 Å². The van der Waals surface area contributed by atoms with E-state index in [9.17, 15) is 13.6 Å². The lowest BCUT2D eigenvalue weighted by molar-refractivity contribution is -0.143. The molecule has 0 N–H and O–H groups in total. The summed E-state index contributed by atoms with van der Waals surface area (Å²) in [7, 11) is 0. The van der Waals surface area contributed by atoms with Crippen LogP contribution in [0.2, 0.25) is 0 Å². The van der Waals surface area contributed by atoms with Crippen LogP contribution in [0.4, 0.5) is 8.78 Å². The van der Waals surface area contributed by atoms with Crippen LogP contribution in [-0.2, 0) is 9.53 Å². The number of carbonyl (C=O) groups is 1. The summed E-state index contributed by atoms with van der Waals surface area (Å²) in [5.41, 5.74) is 0. The Morgan fingerprint density at radius 1 is 1.39 bits per heavy atom. The van der Waals surface area contributed by atoms with Gasteiger partial charge in [0.2, 0.25) is 0 Å². The van der Waals surface area contributed by atoms with E-state index in [1.54, 1.807) is 6.92 Å². The number of hydrogen-bond donors (Lipinski definition) is 0. The maximum Gasteiger partial charge on any atom is 0.305 e. The second-order valence-electron chi connectivity index (χ2n) is 3.46. The summed E-state index contributed by atoms with van der Waals surface area (Å²) in [5.74, 6) is -1.00. The molecule has 0 unspecified atom stereocenters. The van der Waals surface area contributed by atoms with Crippen LogP contribution in [0, 0.1) is 11.6 Å². The first kappa shape index (κ1) is 15.4. The Hall–Kier alpha value is -0.620. The van der Waals surface area contributed by atoms with E-state index < -0.39 is 11.6 Å². The summed E-state index contributed by atoms with van der Waals surface area (Å²) in [5, 5.41) is 0. The third-order valence-electron chi connectivity index (χ3n) is 2.04. The molecule has 0 amide bonds. The molecule has 100 valence electrons. The molecule has 0 spiro atoms. The molecule has 1 rings (SSSR count). The number of thioether (sulfide) groups is 1. The van der Waals surface area contributed by atoms with E-state index >= 15 is 0 Å². The number of hydrogen-bond acceptors (Lipinski definition) is 3. The highest BCUT2D eigenvalue weighted by Crippen LogP contribution is 2.28. The van der Waals surface area contributed by atoms with Crippen molar-refractivity contribution < 1.29 is 18.3 Å². The van der Waals surface area contributed by atoms with Crippen molar-refractivity contribution in [1.29, 1.82) is 0 Å². The quantitative estimate of drug-likeness (QED) is 0.442. The van der Waals surface area contributed by atoms with Gasteiger partial charge in [0.05, 0.1) is 11.5 Å². The van der Waals surface area contributed by atoms with Gasteiger partial charge in [-0.1, -0.05) is 15.9 Å². The minimum atomic E-state index is -0.594. The molecule has 0 heterocycles. The second kappa shape index (κ2) is 7.74. The van der Waals surface area contributed by atoms with Gasteiger partial charge in [-0.3, -0.25) is 4.79 Å². The highest BCUT2D eigenvalue weighted by Gasteiger charge is 2.11. The van der Waals surface area contributed by atoms with Crippen molar-refractivity contribution in [2.75, 3.05) is 12.4 Å². The zero-order valence-corrected chi connectivity index (χ0v) is 12.2. The van der Waals surface area contributed by atoms with Gasteiger partial charge < -0.3 is 4.74 Å². The SMILES string of the molecule is CCOC(=O)CCCSc1c(F)cc(Br)cc1F. The molecule has 0 fully saturated rings. The largest absolute Gasteiger partial charge is 0.466 e. The Labute approximate surface area is 117 Å². The Balaban J connectivity index is 2.42. The lowest BCUT2D eigenvalue weighted by Crippen LogP contribution is -2.03. The molecular weight excluding hydrogens is 326 g/mol. The summed E-state index contributed by atoms with van der Waals surface area (Å²) in [4.78, 5) is 11.0. The molecule has 18 heavy (non-hydrogen) atoms. The number of benzene rings is 1. The molecule has 0 aliphatic carbocycles. The van der Waals surface area contributed by atoms with Gasteiger partial charge in [0.25, 0.3) is 0 Å². The topological polar surface area (TPSA) is 26.3 Å². The molecular formula is C12H13BrF2O2S. The van der Waals surface area contributed by atoms with Crippen LogP contribution in [-0.4, -0.2) is 18.3 Å². The highest BCUT2D eigenvalue weighted by atomic mass is 79.9. The Kier molecular flexibility index (Phi) is 6.63. The zero-order chi connectivity index (χ0) is 13.5. The first-order chi connectivity index (χ1) is 8.54. The van der Waals surface area contributed by atoms with Crippen molar-refractivity contribution in [3.63, 3.8) is 0 Å². The maximum atomic E-state index is 13.4. The van der Waals surface area contributed by atoms with Crippen LogP contribution in [0.1, 0.15) is 19.8 Å². The van der Waals surface area contributed by atoms with Crippen molar-refractivity contribution in [1.82, 2.24) is 0 Å². The predicted octanol–water partition coefficient (Wildman–Crippen LogP) is 4.16. The molecule has 0 saturated heterocycles. The van der Waals surface area contributed by atoms with E-state index in [0.717, 1.165) is 11.8 Å². The van der Waals surface area contributed by atoms with Crippen molar-refractivity contribution in [2.45, 2.75) is 24.7 Å². The van der Waals surface area contributed by atoms with Gasteiger partial charge in [-0.25, -0.2) is 8.78 Å². The predicted molar refractivity (Wildman–Crippen MR) is 70.6 cm³/mol. The van der Waals surface area contributed by atoms with Crippen LogP contribution >= 0.6 is 27.7 Å². The Bertz CT molecular complexity index is 404. The van der Waals surface area contributed by atoms with Gasteiger partial charge in [0, 0.05) is 10.9 Å². The number of rotatable bonds is 6. The fourth-order valence-electron chi connectivity index (χ4n) is 1.29. The molecule has 0 bridgehead atoms. The monoisotopic (exact) mass is 338 g/mol. The van der Waals surface area contributed by atoms with Gasteiger partial charge in [-0.15, -0.1) is 11.8 Å². The third kappa shape index (κ3) is 4.94. The van der Waals surface area contributed by atoms with Crippen molar-refractivity contribution >= 4 is 33.7 Å². The minimum absolute atomic E-state index is 0.0120. The van der Waals surface area contributed by atoms with Crippen LogP contribution < -0.4 is 0 Å². The van der Waals surface area contributed by atoms with E-state index in [-0.39, 0.29) is 17.3 Å². The molecule has 0 aromatic heterocycles. The van der Waals surface area contributed by atoms with E-state index in [1.165, 1.54) is 12.1 Å². The highest BCUT2D eigenvalue weighted by molar-refractivity contribution is 9.10. The number of ether oxygens (including phenoxy) is 1. The smallest absolute Gasteiger partial charge is 0.305 e. The molecule has 0 radical (unpaired) electrons. The van der Waals surface area contributed by atoms with Crippen molar-refractivity contribution in [2.24, 2.45) is 0 Å². The fourth-order valence-corrected chi connectivity index (χ4v) is 2.58. The molecule has 1 aromatic carbocycles. The summed E-state index contributed by atoms with van der Waals surface area (Å²) in [6.45, 7) is 2.08. The third-order valence-corrected chi connectivity index (χ3v) is 3.67. The normalized spacial score (nSPS) is 10.4. The molecule has 0 atom stereocenters. The van der Waals surface area contributed by atoms with E-state index in [4.69, 9.17) is 4.74 Å². The van der Waals surface area contributed by atoms with Gasteiger partial charge >= 0.3 is 5.97 Å². The Morgan fingerprint density at radius 2 is 2.00 bits per heavy atom. The van der Waals surface area contributed by atoms with Crippen LogP contribution in [0.15, 0.2) is 21.5 Å². The minimum Gasteiger partial charge on any atom is -0.466 e. The summed E-state index contributed by atoms with van der Waals surface area (Å²) in [6.07, 6.45) is 0.791. The molecule has 0 saturated carbocycles. The number of esters is 1. The Morgan fingerprint density at radius 3 is 2.56 bits per heavy atom. The van der Waals surface area contributed by atoms with Crippen molar-refractivity contribution in [3.05, 3.63) is 28.2 Å². The number of carbonyl (C=O) groups excluding carboxylic acids is 1. The molecule has 0 aliphatic heterocycles. The van der Waals surface area contributed by atoms with E-state index in [1.807, 2.05) is 0 Å². The van der Waals surface area contributed by atoms with Crippen molar-refractivity contribution in [3.8, 4) is 0 Å². The maximum absolute atomic E-state index is 13.4. The lowest BCUT2D eigenvalue weighted by Gasteiger charge is -2.05. The van der Waals surface area contributed by atoms with Gasteiger partial charge in [0.1, 0.15) is 11.6 Å². The summed E-state index contributed by atoms with van der Waals surface area (Å²) >= 11 is 4.08. The summed E-state index contributed by atoms with van der Waals surface area (Å²) in [6, 6.07) is 2.44. The van der Waals surface area contributed by atoms with Crippen LogP contribution in [0.3, 0.4) is 0 Å². The first-order valence-electron chi connectivity index (χ1n) is 5.47. The molecule has 1 aromatic rings. The molecule has 2 nitrogen and oxygen atoms in total. The van der Waals surface area contributed by atoms with Gasteiger partial charge in [0.15, 0.2) is 0 Å². The molecule has 6 heteroatoms. The van der Waals surface area contributed by atoms with Crippen LogP contribution in [0.25, 0.3) is 0 Å². The lowest BCUT2D eigenvalue weighted by atomic mass is 10.3. The standard InChI is InChI=1S/C12H13BrF2O2S/c1-2-17-11(16)4-3-5-18-12-9(14)6-8(13)7-10(12)15/h6-7H,2-5H2,1H3. The summed E-state index contributed by atoms with van der Waals surface area (Å²) < 4.78 is 32.0. The average Bonchev–Trinajstić information content (AvgIpc) is 2.27. The van der Waals surface area contributed by atoms with Gasteiger partial charge in [-0.05, 0) is 31.2 Å². The van der Waals surface area contributed by atoms with E-state index in [0.29, 0.717) is 23.3 Å². The fraction of sp³-hybridized carbons (Fsp3) is 0.417. The number of halogens is 3. The van der Waals surface area contributed by atoms with Crippen LogP contribution in [0.5, 0.6) is 0 Å². The zero-order valence-electron chi connectivity index (χ0n) is 9.84. The molecule has 0 aliphatic rings. The second-order valence-corrected chi connectivity index (χ2v) is 5.48.